The predicted molar refractivity (Wildman–Crippen MR) is 73.5 cm³/mol. The molecule has 1 atom stereocenters. The Kier molecular flexibility index (Phi) is 3.93. The molecule has 0 radical (unpaired) electrons. The summed E-state index contributed by atoms with van der Waals surface area (Å²) in [6, 6.07) is 5.49. The van der Waals surface area contributed by atoms with Crippen molar-refractivity contribution in [2.24, 2.45) is 0 Å². The molecule has 18 heavy (non-hydrogen) atoms. The first kappa shape index (κ1) is 13.4. The van der Waals surface area contributed by atoms with Crippen LogP contribution in [0.5, 0.6) is 0 Å². The van der Waals surface area contributed by atoms with E-state index in [1.165, 1.54) is 0 Å². The second kappa shape index (κ2) is 5.29. The van der Waals surface area contributed by atoms with Crippen molar-refractivity contribution in [2.75, 3.05) is 18.0 Å². The third-order valence-electron chi connectivity index (χ3n) is 3.55. The van der Waals surface area contributed by atoms with Gasteiger partial charge in [-0.15, -0.1) is 0 Å². The average Bonchev–Trinajstić information content (AvgIpc) is 2.50. The lowest BCUT2D eigenvalue weighted by molar-refractivity contribution is 0.0481. The maximum absolute atomic E-state index is 11.1. The number of rotatable bonds is 2. The Bertz CT molecular complexity index is 445. The standard InChI is InChI=1S/C14H18ClNO2/c1-14(18)6-3-8-16(9-7-14)13-5-2-4-12(15)11(13)10-17/h2,4-5,10,18H,3,6-9H2,1H3. The third-order valence-corrected chi connectivity index (χ3v) is 3.88. The van der Waals surface area contributed by atoms with Gasteiger partial charge in [-0.05, 0) is 38.3 Å². The van der Waals surface area contributed by atoms with E-state index in [1.54, 1.807) is 6.07 Å². The van der Waals surface area contributed by atoms with Gasteiger partial charge in [0, 0.05) is 18.8 Å². The van der Waals surface area contributed by atoms with Gasteiger partial charge in [-0.2, -0.15) is 0 Å². The topological polar surface area (TPSA) is 40.5 Å². The second-order valence-corrected chi connectivity index (χ2v) is 5.54. The molecule has 1 aromatic carbocycles. The van der Waals surface area contributed by atoms with E-state index >= 15 is 0 Å². The summed E-state index contributed by atoms with van der Waals surface area (Å²) in [6.45, 7) is 3.46. The van der Waals surface area contributed by atoms with E-state index in [0.717, 1.165) is 37.9 Å². The van der Waals surface area contributed by atoms with Crippen LogP contribution < -0.4 is 4.90 Å². The smallest absolute Gasteiger partial charge is 0.153 e. The molecule has 2 rings (SSSR count). The molecule has 98 valence electrons. The number of aliphatic hydroxyl groups is 1. The van der Waals surface area contributed by atoms with Gasteiger partial charge < -0.3 is 10.0 Å². The number of carbonyl (C=O) groups excluding carboxylic acids is 1. The fourth-order valence-corrected chi connectivity index (χ4v) is 2.64. The molecule has 1 unspecified atom stereocenters. The van der Waals surface area contributed by atoms with E-state index in [0.29, 0.717) is 17.0 Å². The van der Waals surface area contributed by atoms with Gasteiger partial charge in [0.1, 0.15) is 0 Å². The number of benzene rings is 1. The molecule has 1 aliphatic rings. The minimum Gasteiger partial charge on any atom is -0.390 e. The number of anilines is 1. The Morgan fingerprint density at radius 3 is 2.89 bits per heavy atom. The van der Waals surface area contributed by atoms with E-state index < -0.39 is 5.60 Å². The lowest BCUT2D eigenvalue weighted by Gasteiger charge is -2.25. The molecule has 1 fully saturated rings. The molecule has 3 nitrogen and oxygen atoms in total. The van der Waals surface area contributed by atoms with E-state index in [2.05, 4.69) is 4.90 Å². The van der Waals surface area contributed by atoms with Crippen LogP contribution in [0, 0.1) is 0 Å². The van der Waals surface area contributed by atoms with Crippen molar-refractivity contribution in [3.8, 4) is 0 Å². The molecule has 0 saturated carbocycles. The maximum Gasteiger partial charge on any atom is 0.153 e. The van der Waals surface area contributed by atoms with Crippen molar-refractivity contribution in [2.45, 2.75) is 31.8 Å². The van der Waals surface area contributed by atoms with Crippen LogP contribution >= 0.6 is 11.6 Å². The van der Waals surface area contributed by atoms with E-state index in [1.807, 2.05) is 19.1 Å². The van der Waals surface area contributed by atoms with Gasteiger partial charge in [-0.25, -0.2) is 0 Å². The predicted octanol–water partition coefficient (Wildman–Crippen LogP) is 2.89. The molecule has 0 aromatic heterocycles. The van der Waals surface area contributed by atoms with Crippen LogP contribution in [-0.4, -0.2) is 30.1 Å². The summed E-state index contributed by atoms with van der Waals surface area (Å²) in [7, 11) is 0. The number of hydrogen-bond acceptors (Lipinski definition) is 3. The Balaban J connectivity index is 2.26. The zero-order valence-corrected chi connectivity index (χ0v) is 11.3. The summed E-state index contributed by atoms with van der Waals surface area (Å²) in [5.41, 5.74) is 0.810. The minimum absolute atomic E-state index is 0.485. The fourth-order valence-electron chi connectivity index (χ4n) is 2.42. The number of carbonyl (C=O) groups is 1. The highest BCUT2D eigenvalue weighted by Crippen LogP contribution is 2.30. The Hall–Kier alpha value is -1.06. The first-order chi connectivity index (χ1) is 8.53. The van der Waals surface area contributed by atoms with Crippen LogP contribution in [0.1, 0.15) is 36.5 Å². The Morgan fingerprint density at radius 2 is 2.17 bits per heavy atom. The number of halogens is 1. The molecule has 4 heteroatoms. The SMILES string of the molecule is CC1(O)CCCN(c2cccc(Cl)c2C=O)CC1. The van der Waals surface area contributed by atoms with Crippen LogP contribution in [0.25, 0.3) is 0 Å². The average molecular weight is 268 g/mol. The van der Waals surface area contributed by atoms with Crippen molar-refractivity contribution in [3.63, 3.8) is 0 Å². The zero-order valence-electron chi connectivity index (χ0n) is 10.5. The summed E-state index contributed by atoms with van der Waals surface area (Å²) in [4.78, 5) is 13.3. The molecule has 0 spiro atoms. The zero-order chi connectivity index (χ0) is 13.2. The quantitative estimate of drug-likeness (QED) is 0.838. The highest BCUT2D eigenvalue weighted by Gasteiger charge is 2.26. The fraction of sp³-hybridized carbons (Fsp3) is 0.500. The molecule has 1 aromatic rings. The summed E-state index contributed by atoms with van der Waals surface area (Å²) in [5.74, 6) is 0. The summed E-state index contributed by atoms with van der Waals surface area (Å²) >= 11 is 6.04. The lowest BCUT2D eigenvalue weighted by atomic mass is 9.98. The number of aldehydes is 1. The van der Waals surface area contributed by atoms with Crippen molar-refractivity contribution >= 4 is 23.6 Å². The van der Waals surface area contributed by atoms with Crippen molar-refractivity contribution in [1.29, 1.82) is 0 Å². The van der Waals surface area contributed by atoms with Gasteiger partial charge >= 0.3 is 0 Å². The van der Waals surface area contributed by atoms with E-state index in [4.69, 9.17) is 11.6 Å². The van der Waals surface area contributed by atoms with Gasteiger partial charge in [0.2, 0.25) is 0 Å². The molecular formula is C14H18ClNO2. The first-order valence-corrected chi connectivity index (χ1v) is 6.62. The van der Waals surface area contributed by atoms with Gasteiger partial charge in [-0.1, -0.05) is 17.7 Å². The van der Waals surface area contributed by atoms with Crippen LogP contribution in [0.15, 0.2) is 18.2 Å². The number of nitrogens with zero attached hydrogens (tertiary/aromatic N) is 1. The van der Waals surface area contributed by atoms with Crippen LogP contribution in [0.3, 0.4) is 0 Å². The third kappa shape index (κ3) is 2.85. The molecule has 1 aliphatic heterocycles. The highest BCUT2D eigenvalue weighted by molar-refractivity contribution is 6.33. The van der Waals surface area contributed by atoms with E-state index in [-0.39, 0.29) is 0 Å². The molecule has 0 bridgehead atoms. The molecule has 1 heterocycles. The van der Waals surface area contributed by atoms with Crippen molar-refractivity contribution in [3.05, 3.63) is 28.8 Å². The summed E-state index contributed by atoms with van der Waals surface area (Å²) in [5, 5.41) is 10.6. The van der Waals surface area contributed by atoms with Crippen molar-refractivity contribution < 1.29 is 9.90 Å². The first-order valence-electron chi connectivity index (χ1n) is 6.24. The van der Waals surface area contributed by atoms with Crippen molar-refractivity contribution in [1.82, 2.24) is 0 Å². The monoisotopic (exact) mass is 267 g/mol. The highest BCUT2D eigenvalue weighted by atomic mass is 35.5. The molecule has 1 N–H and O–H groups in total. The number of hydrogen-bond donors (Lipinski definition) is 1. The second-order valence-electron chi connectivity index (χ2n) is 5.13. The Morgan fingerprint density at radius 1 is 1.39 bits per heavy atom. The van der Waals surface area contributed by atoms with E-state index in [9.17, 15) is 9.90 Å². The van der Waals surface area contributed by atoms with Gasteiger partial charge in [0.05, 0.1) is 16.2 Å². The van der Waals surface area contributed by atoms with Gasteiger partial charge in [0.15, 0.2) is 6.29 Å². The Labute approximate surface area is 112 Å². The van der Waals surface area contributed by atoms with Gasteiger partial charge in [0.25, 0.3) is 0 Å². The maximum atomic E-state index is 11.1. The molecular weight excluding hydrogens is 250 g/mol. The van der Waals surface area contributed by atoms with Crippen LogP contribution in [0.2, 0.25) is 5.02 Å². The summed E-state index contributed by atoms with van der Waals surface area (Å²) < 4.78 is 0. The van der Waals surface area contributed by atoms with Gasteiger partial charge in [-0.3, -0.25) is 4.79 Å². The normalized spacial score (nSPS) is 24.7. The minimum atomic E-state index is -0.603. The summed E-state index contributed by atoms with van der Waals surface area (Å²) in [6.07, 6.45) is 3.22. The lowest BCUT2D eigenvalue weighted by Crippen LogP contribution is -2.28. The van der Waals surface area contributed by atoms with Crippen LogP contribution in [0.4, 0.5) is 5.69 Å². The largest absolute Gasteiger partial charge is 0.390 e. The molecule has 0 aliphatic carbocycles. The molecule has 0 amide bonds. The van der Waals surface area contributed by atoms with Crippen LogP contribution in [-0.2, 0) is 0 Å². The molecule has 1 saturated heterocycles.